The summed E-state index contributed by atoms with van der Waals surface area (Å²) in [7, 11) is 0. The van der Waals surface area contributed by atoms with E-state index in [-0.39, 0.29) is 30.7 Å². The van der Waals surface area contributed by atoms with Gasteiger partial charge in [-0.2, -0.15) is 0 Å². The summed E-state index contributed by atoms with van der Waals surface area (Å²) < 4.78 is 31.7. The molecule has 1 fully saturated rings. The van der Waals surface area contributed by atoms with Crippen LogP contribution in [0.4, 0.5) is 14.5 Å². The maximum Gasteiger partial charge on any atom is 0.260 e. The SMILES string of the molecule is CCc1ccccc1NC(=O)CN1CCN(C(=O)COc2ccc(F)cc2F)CC1. The van der Waals surface area contributed by atoms with Gasteiger partial charge in [0.2, 0.25) is 5.91 Å². The van der Waals surface area contributed by atoms with Crippen LogP contribution in [0.25, 0.3) is 0 Å². The first-order chi connectivity index (χ1) is 14.5. The zero-order chi connectivity index (χ0) is 21.5. The Labute approximate surface area is 174 Å². The van der Waals surface area contributed by atoms with E-state index in [1.54, 1.807) is 4.90 Å². The Morgan fingerprint density at radius 3 is 2.50 bits per heavy atom. The number of hydrogen-bond acceptors (Lipinski definition) is 4. The molecule has 3 rings (SSSR count). The Morgan fingerprint density at radius 2 is 1.80 bits per heavy atom. The van der Waals surface area contributed by atoms with Gasteiger partial charge in [0.1, 0.15) is 5.82 Å². The molecule has 2 amide bonds. The maximum atomic E-state index is 13.6. The van der Waals surface area contributed by atoms with Crippen LogP contribution in [0, 0.1) is 11.6 Å². The fraction of sp³-hybridized carbons (Fsp3) is 0.364. The summed E-state index contributed by atoms with van der Waals surface area (Å²) in [5, 5.41) is 2.95. The molecule has 2 aromatic rings. The van der Waals surface area contributed by atoms with Crippen LogP contribution in [0.3, 0.4) is 0 Å². The van der Waals surface area contributed by atoms with Gasteiger partial charge in [-0.05, 0) is 30.2 Å². The summed E-state index contributed by atoms with van der Waals surface area (Å²) >= 11 is 0. The molecule has 1 aliphatic rings. The monoisotopic (exact) mass is 417 g/mol. The van der Waals surface area contributed by atoms with Crippen molar-refractivity contribution in [3.8, 4) is 5.75 Å². The van der Waals surface area contributed by atoms with Crippen molar-refractivity contribution in [2.45, 2.75) is 13.3 Å². The highest BCUT2D eigenvalue weighted by Crippen LogP contribution is 2.18. The molecule has 1 N–H and O–H groups in total. The molecule has 2 aromatic carbocycles. The number of piperazine rings is 1. The number of benzene rings is 2. The Morgan fingerprint density at radius 1 is 1.07 bits per heavy atom. The first-order valence-electron chi connectivity index (χ1n) is 9.92. The zero-order valence-corrected chi connectivity index (χ0v) is 16.9. The molecule has 1 saturated heterocycles. The van der Waals surface area contributed by atoms with Crippen LogP contribution >= 0.6 is 0 Å². The van der Waals surface area contributed by atoms with Crippen LogP contribution in [0.1, 0.15) is 12.5 Å². The van der Waals surface area contributed by atoms with Crippen LogP contribution in [0.15, 0.2) is 42.5 Å². The smallest absolute Gasteiger partial charge is 0.260 e. The predicted molar refractivity (Wildman–Crippen MR) is 109 cm³/mol. The van der Waals surface area contributed by atoms with Gasteiger partial charge in [-0.25, -0.2) is 8.78 Å². The average Bonchev–Trinajstić information content (AvgIpc) is 2.74. The summed E-state index contributed by atoms with van der Waals surface area (Å²) in [6, 6.07) is 10.6. The zero-order valence-electron chi connectivity index (χ0n) is 16.9. The molecule has 0 spiro atoms. The van der Waals surface area contributed by atoms with E-state index in [0.29, 0.717) is 32.2 Å². The molecule has 30 heavy (non-hydrogen) atoms. The number of ether oxygens (including phenoxy) is 1. The van der Waals surface area contributed by atoms with Gasteiger partial charge in [0.25, 0.3) is 5.91 Å². The minimum Gasteiger partial charge on any atom is -0.481 e. The Hall–Kier alpha value is -3.00. The van der Waals surface area contributed by atoms with Crippen molar-refractivity contribution in [2.75, 3.05) is 44.6 Å². The summed E-state index contributed by atoms with van der Waals surface area (Å²) in [5.74, 6) is -2.08. The maximum absolute atomic E-state index is 13.6. The lowest BCUT2D eigenvalue weighted by Crippen LogP contribution is -2.51. The van der Waals surface area contributed by atoms with Gasteiger partial charge >= 0.3 is 0 Å². The van der Waals surface area contributed by atoms with Gasteiger partial charge < -0.3 is 15.0 Å². The minimum atomic E-state index is -0.844. The van der Waals surface area contributed by atoms with Gasteiger partial charge in [-0.15, -0.1) is 0 Å². The number of nitrogens with one attached hydrogen (secondary N) is 1. The standard InChI is InChI=1S/C22H25F2N3O3/c1-2-16-5-3-4-6-19(16)25-21(28)14-26-9-11-27(12-10-26)22(29)15-30-20-8-7-17(23)13-18(20)24/h3-8,13H,2,9-12,14-15H2,1H3,(H,25,28). The van der Waals surface area contributed by atoms with Gasteiger partial charge in [-0.1, -0.05) is 25.1 Å². The molecule has 0 aliphatic carbocycles. The second kappa shape index (κ2) is 10.2. The number of hydrogen-bond donors (Lipinski definition) is 1. The molecule has 6 nitrogen and oxygen atoms in total. The molecule has 0 atom stereocenters. The van der Waals surface area contributed by atoms with Crippen molar-refractivity contribution in [2.24, 2.45) is 0 Å². The number of rotatable bonds is 7. The molecular weight excluding hydrogens is 392 g/mol. The van der Waals surface area contributed by atoms with Crippen molar-refractivity contribution in [1.29, 1.82) is 0 Å². The minimum absolute atomic E-state index is 0.0919. The molecular formula is C22H25F2N3O3. The van der Waals surface area contributed by atoms with Crippen molar-refractivity contribution >= 4 is 17.5 Å². The number of aryl methyl sites for hydroxylation is 1. The predicted octanol–water partition coefficient (Wildman–Crippen LogP) is 2.69. The highest BCUT2D eigenvalue weighted by molar-refractivity contribution is 5.93. The Balaban J connectivity index is 1.42. The highest BCUT2D eigenvalue weighted by Gasteiger charge is 2.23. The number of amides is 2. The molecule has 8 heteroatoms. The van der Waals surface area contributed by atoms with E-state index in [0.717, 1.165) is 29.8 Å². The van der Waals surface area contributed by atoms with Crippen LogP contribution in [0.2, 0.25) is 0 Å². The molecule has 0 aromatic heterocycles. The second-order valence-electron chi connectivity index (χ2n) is 7.08. The molecule has 1 heterocycles. The third-order valence-electron chi connectivity index (χ3n) is 5.01. The summed E-state index contributed by atoms with van der Waals surface area (Å²) in [5.41, 5.74) is 1.91. The van der Waals surface area contributed by atoms with Crippen molar-refractivity contribution in [1.82, 2.24) is 9.80 Å². The van der Waals surface area contributed by atoms with Crippen LogP contribution in [-0.4, -0.2) is 60.9 Å². The molecule has 160 valence electrons. The van der Waals surface area contributed by atoms with E-state index >= 15 is 0 Å². The fourth-order valence-corrected chi connectivity index (χ4v) is 3.32. The van der Waals surface area contributed by atoms with E-state index in [2.05, 4.69) is 5.32 Å². The molecule has 1 aliphatic heterocycles. The third-order valence-corrected chi connectivity index (χ3v) is 5.01. The molecule has 0 bridgehead atoms. The van der Waals surface area contributed by atoms with Gasteiger partial charge in [0, 0.05) is 37.9 Å². The van der Waals surface area contributed by atoms with Crippen LogP contribution < -0.4 is 10.1 Å². The van der Waals surface area contributed by atoms with Gasteiger partial charge in [-0.3, -0.25) is 14.5 Å². The lowest BCUT2D eigenvalue weighted by Gasteiger charge is -2.34. The van der Waals surface area contributed by atoms with Crippen LogP contribution in [0.5, 0.6) is 5.75 Å². The Bertz CT molecular complexity index is 899. The number of anilines is 1. The lowest BCUT2D eigenvalue weighted by atomic mass is 10.1. The summed E-state index contributed by atoms with van der Waals surface area (Å²) in [6.45, 7) is 3.97. The average molecular weight is 417 g/mol. The van der Waals surface area contributed by atoms with E-state index in [9.17, 15) is 18.4 Å². The number of carbonyl (C=O) groups is 2. The number of para-hydroxylation sites is 1. The molecule has 0 radical (unpaired) electrons. The quantitative estimate of drug-likeness (QED) is 0.753. The third kappa shape index (κ3) is 5.76. The first kappa shape index (κ1) is 21.7. The summed E-state index contributed by atoms with van der Waals surface area (Å²) in [4.78, 5) is 28.3. The number of halogens is 2. The van der Waals surface area contributed by atoms with E-state index in [1.165, 1.54) is 0 Å². The number of nitrogens with zero attached hydrogens (tertiary/aromatic N) is 2. The largest absolute Gasteiger partial charge is 0.481 e. The van der Waals surface area contributed by atoms with E-state index < -0.39 is 11.6 Å². The normalized spacial score (nSPS) is 14.4. The van der Waals surface area contributed by atoms with Crippen molar-refractivity contribution < 1.29 is 23.1 Å². The topological polar surface area (TPSA) is 61.9 Å². The van der Waals surface area contributed by atoms with E-state index in [1.807, 2.05) is 36.1 Å². The number of carbonyl (C=O) groups excluding carboxylic acids is 2. The van der Waals surface area contributed by atoms with Crippen molar-refractivity contribution in [3.63, 3.8) is 0 Å². The van der Waals surface area contributed by atoms with Crippen LogP contribution in [-0.2, 0) is 16.0 Å². The fourth-order valence-electron chi connectivity index (χ4n) is 3.32. The lowest BCUT2D eigenvalue weighted by molar-refractivity contribution is -0.135. The van der Waals surface area contributed by atoms with Gasteiger partial charge in [0.15, 0.2) is 18.2 Å². The first-order valence-corrected chi connectivity index (χ1v) is 9.92. The summed E-state index contributed by atoms with van der Waals surface area (Å²) in [6.07, 6.45) is 0.834. The second-order valence-corrected chi connectivity index (χ2v) is 7.08. The highest BCUT2D eigenvalue weighted by atomic mass is 19.1. The Kier molecular flexibility index (Phi) is 7.35. The van der Waals surface area contributed by atoms with Crippen molar-refractivity contribution in [3.05, 3.63) is 59.7 Å². The molecule has 0 saturated carbocycles. The van der Waals surface area contributed by atoms with Gasteiger partial charge in [0.05, 0.1) is 6.54 Å². The molecule has 0 unspecified atom stereocenters. The van der Waals surface area contributed by atoms with E-state index in [4.69, 9.17) is 4.74 Å².